The van der Waals surface area contributed by atoms with E-state index in [1.165, 1.54) is 18.4 Å². The Kier molecular flexibility index (Phi) is 9.25. The Balaban J connectivity index is 0.00000156. The lowest BCUT2D eigenvalue weighted by molar-refractivity contribution is -0.134. The van der Waals surface area contributed by atoms with Crippen molar-refractivity contribution in [1.29, 1.82) is 0 Å². The maximum Gasteiger partial charge on any atom is 0.222 e. The molecule has 7 heteroatoms. The van der Waals surface area contributed by atoms with Crippen LogP contribution in [0.25, 0.3) is 0 Å². The number of carbonyl (C=O) groups excluding carboxylic acids is 1. The molecule has 0 aromatic carbocycles. The van der Waals surface area contributed by atoms with E-state index in [0.29, 0.717) is 30.2 Å². The standard InChI is InChI=1S/C18H30N4O.2ClH/c1-14-10-20-22(12-14)17-6-4-8-21(13-17)18(23)9-15(2)16-5-3-7-19-11-16;;/h10,12,15-17,19H,3-9,11,13H2,1-2H3;2*1H. The number of nitrogens with one attached hydrogen (secondary N) is 1. The van der Waals surface area contributed by atoms with Crippen molar-refractivity contribution in [3.63, 3.8) is 0 Å². The summed E-state index contributed by atoms with van der Waals surface area (Å²) in [7, 11) is 0. The van der Waals surface area contributed by atoms with Gasteiger partial charge in [-0.25, -0.2) is 0 Å². The van der Waals surface area contributed by atoms with Crippen LogP contribution in [0.2, 0.25) is 0 Å². The SMILES string of the molecule is Cc1cnn(C2CCCN(C(=O)CC(C)C3CCCNC3)C2)c1.Cl.Cl. The zero-order valence-electron chi connectivity index (χ0n) is 15.3. The molecule has 0 spiro atoms. The zero-order valence-corrected chi connectivity index (χ0v) is 17.0. The number of aryl methyl sites for hydroxylation is 1. The van der Waals surface area contributed by atoms with Crippen LogP contribution >= 0.6 is 24.8 Å². The van der Waals surface area contributed by atoms with Crippen LogP contribution in [0.4, 0.5) is 0 Å². The first-order valence-electron chi connectivity index (χ1n) is 9.12. The molecule has 1 aromatic heterocycles. The quantitative estimate of drug-likeness (QED) is 0.858. The van der Waals surface area contributed by atoms with Gasteiger partial charge >= 0.3 is 0 Å². The van der Waals surface area contributed by atoms with Crippen molar-refractivity contribution in [2.24, 2.45) is 11.8 Å². The van der Waals surface area contributed by atoms with E-state index in [2.05, 4.69) is 35.4 Å². The third-order valence-corrected chi connectivity index (χ3v) is 5.49. The molecule has 1 N–H and O–H groups in total. The predicted molar refractivity (Wildman–Crippen MR) is 106 cm³/mol. The molecule has 1 amide bonds. The van der Waals surface area contributed by atoms with Crippen molar-refractivity contribution in [1.82, 2.24) is 20.0 Å². The van der Waals surface area contributed by atoms with E-state index >= 15 is 0 Å². The minimum Gasteiger partial charge on any atom is -0.341 e. The average Bonchev–Trinajstić information content (AvgIpc) is 3.02. The van der Waals surface area contributed by atoms with Crippen molar-refractivity contribution in [2.75, 3.05) is 26.2 Å². The van der Waals surface area contributed by atoms with Gasteiger partial charge in [-0.15, -0.1) is 24.8 Å². The topological polar surface area (TPSA) is 50.2 Å². The number of piperidine rings is 2. The Morgan fingerprint density at radius 2 is 2.16 bits per heavy atom. The number of rotatable bonds is 4. The molecule has 3 atom stereocenters. The van der Waals surface area contributed by atoms with E-state index < -0.39 is 0 Å². The van der Waals surface area contributed by atoms with Crippen LogP contribution in [0.3, 0.4) is 0 Å². The van der Waals surface area contributed by atoms with E-state index in [1.54, 1.807) is 0 Å². The van der Waals surface area contributed by atoms with Crippen LogP contribution in [0.1, 0.15) is 50.6 Å². The maximum atomic E-state index is 12.7. The third kappa shape index (κ3) is 5.87. The molecule has 3 unspecified atom stereocenters. The van der Waals surface area contributed by atoms with Gasteiger partial charge in [-0.05, 0) is 63.1 Å². The van der Waals surface area contributed by atoms with Gasteiger partial charge in [-0.2, -0.15) is 5.10 Å². The van der Waals surface area contributed by atoms with Gasteiger partial charge < -0.3 is 10.2 Å². The molecule has 5 nitrogen and oxygen atoms in total. The van der Waals surface area contributed by atoms with Crippen LogP contribution in [0.5, 0.6) is 0 Å². The lowest BCUT2D eigenvalue weighted by atomic mass is 9.85. The lowest BCUT2D eigenvalue weighted by Crippen LogP contribution is -2.42. The van der Waals surface area contributed by atoms with Gasteiger partial charge in [0.1, 0.15) is 0 Å². The molecule has 3 rings (SSSR count). The zero-order chi connectivity index (χ0) is 16.2. The fourth-order valence-corrected chi connectivity index (χ4v) is 3.97. The fourth-order valence-electron chi connectivity index (χ4n) is 3.97. The predicted octanol–water partition coefficient (Wildman–Crippen LogP) is 3.22. The molecule has 2 aliphatic rings. The molecule has 0 aliphatic carbocycles. The number of nitrogens with zero attached hydrogens (tertiary/aromatic N) is 3. The Labute approximate surface area is 163 Å². The van der Waals surface area contributed by atoms with Crippen LogP contribution in [0, 0.1) is 18.8 Å². The summed E-state index contributed by atoms with van der Waals surface area (Å²) in [4.78, 5) is 14.8. The molecule has 0 bridgehead atoms. The minimum absolute atomic E-state index is 0. The lowest BCUT2D eigenvalue weighted by Gasteiger charge is -2.35. The van der Waals surface area contributed by atoms with E-state index in [0.717, 1.165) is 39.0 Å². The Morgan fingerprint density at radius 3 is 2.80 bits per heavy atom. The molecule has 144 valence electrons. The minimum atomic E-state index is 0. The first kappa shape index (κ1) is 22.3. The smallest absolute Gasteiger partial charge is 0.222 e. The van der Waals surface area contributed by atoms with Gasteiger partial charge in [0.05, 0.1) is 12.2 Å². The van der Waals surface area contributed by atoms with Gasteiger partial charge in [0.2, 0.25) is 5.91 Å². The summed E-state index contributed by atoms with van der Waals surface area (Å²) in [6.07, 6.45) is 9.39. The Bertz CT molecular complexity index is 531. The molecular weight excluding hydrogens is 359 g/mol. The summed E-state index contributed by atoms with van der Waals surface area (Å²) in [5, 5.41) is 7.90. The van der Waals surface area contributed by atoms with Crippen molar-refractivity contribution in [2.45, 2.75) is 52.0 Å². The second-order valence-electron chi connectivity index (χ2n) is 7.42. The number of carbonyl (C=O) groups is 1. The van der Waals surface area contributed by atoms with Gasteiger partial charge in [0, 0.05) is 25.7 Å². The molecule has 25 heavy (non-hydrogen) atoms. The molecular formula is C18H32Cl2N4O. The van der Waals surface area contributed by atoms with Crippen LogP contribution in [0.15, 0.2) is 12.4 Å². The highest BCUT2D eigenvalue weighted by molar-refractivity contribution is 5.85. The van der Waals surface area contributed by atoms with E-state index in [1.807, 2.05) is 10.9 Å². The summed E-state index contributed by atoms with van der Waals surface area (Å²) in [6.45, 7) is 8.24. The van der Waals surface area contributed by atoms with Gasteiger partial charge in [-0.1, -0.05) is 6.92 Å². The van der Waals surface area contributed by atoms with Crippen molar-refractivity contribution in [3.05, 3.63) is 18.0 Å². The number of likely N-dealkylation sites (tertiary alicyclic amines) is 1. The van der Waals surface area contributed by atoms with Gasteiger partial charge in [0.25, 0.3) is 0 Å². The Hall–Kier alpha value is -0.780. The summed E-state index contributed by atoms with van der Waals surface area (Å²) in [5.41, 5.74) is 1.19. The summed E-state index contributed by atoms with van der Waals surface area (Å²) >= 11 is 0. The van der Waals surface area contributed by atoms with Crippen LogP contribution in [-0.2, 0) is 4.79 Å². The summed E-state index contributed by atoms with van der Waals surface area (Å²) in [5.74, 6) is 1.46. The summed E-state index contributed by atoms with van der Waals surface area (Å²) < 4.78 is 2.04. The maximum absolute atomic E-state index is 12.7. The summed E-state index contributed by atoms with van der Waals surface area (Å²) in [6, 6.07) is 0.341. The normalized spacial score (nSPS) is 24.8. The fraction of sp³-hybridized carbons (Fsp3) is 0.778. The Morgan fingerprint density at radius 1 is 1.36 bits per heavy atom. The van der Waals surface area contributed by atoms with Crippen LogP contribution in [-0.4, -0.2) is 46.8 Å². The second kappa shape index (κ2) is 10.4. The molecule has 0 saturated carbocycles. The number of amides is 1. The number of halogens is 2. The third-order valence-electron chi connectivity index (χ3n) is 5.49. The first-order valence-corrected chi connectivity index (χ1v) is 9.12. The van der Waals surface area contributed by atoms with Crippen molar-refractivity contribution in [3.8, 4) is 0 Å². The highest BCUT2D eigenvalue weighted by Crippen LogP contribution is 2.26. The number of hydrogen-bond acceptors (Lipinski definition) is 3. The monoisotopic (exact) mass is 390 g/mol. The molecule has 0 radical (unpaired) electrons. The van der Waals surface area contributed by atoms with Gasteiger partial charge in [-0.3, -0.25) is 9.48 Å². The molecule has 3 heterocycles. The van der Waals surface area contributed by atoms with Crippen molar-refractivity contribution < 1.29 is 4.79 Å². The first-order chi connectivity index (χ1) is 11.1. The number of aromatic nitrogens is 2. The molecule has 2 saturated heterocycles. The molecule has 2 fully saturated rings. The van der Waals surface area contributed by atoms with E-state index in [4.69, 9.17) is 0 Å². The highest BCUT2D eigenvalue weighted by Gasteiger charge is 2.28. The van der Waals surface area contributed by atoms with Crippen LogP contribution < -0.4 is 5.32 Å². The largest absolute Gasteiger partial charge is 0.341 e. The van der Waals surface area contributed by atoms with Gasteiger partial charge in [0.15, 0.2) is 0 Å². The van der Waals surface area contributed by atoms with E-state index in [9.17, 15) is 4.79 Å². The number of hydrogen-bond donors (Lipinski definition) is 1. The highest BCUT2D eigenvalue weighted by atomic mass is 35.5. The average molecular weight is 391 g/mol. The second-order valence-corrected chi connectivity index (χ2v) is 7.42. The van der Waals surface area contributed by atoms with E-state index in [-0.39, 0.29) is 24.8 Å². The molecule has 2 aliphatic heterocycles. The van der Waals surface area contributed by atoms with Crippen molar-refractivity contribution >= 4 is 30.7 Å². The molecule has 1 aromatic rings.